The lowest BCUT2D eigenvalue weighted by atomic mass is 9.98. The first-order valence-electron chi connectivity index (χ1n) is 7.90. The molecule has 0 spiro atoms. The Bertz CT molecular complexity index is 552. The molecule has 1 fully saturated rings. The van der Waals surface area contributed by atoms with E-state index in [1.54, 1.807) is 17.2 Å². The van der Waals surface area contributed by atoms with Gasteiger partial charge in [0.2, 0.25) is 0 Å². The number of amides is 1. The Balaban J connectivity index is 1.99. The van der Waals surface area contributed by atoms with E-state index in [9.17, 15) is 4.79 Å². The molecule has 1 aromatic heterocycles. The third-order valence-corrected chi connectivity index (χ3v) is 4.11. The molecule has 0 unspecified atom stereocenters. The van der Waals surface area contributed by atoms with Gasteiger partial charge in [-0.1, -0.05) is 17.7 Å². The number of hydrogen-bond donors (Lipinski definition) is 0. The maximum atomic E-state index is 12.3. The molecular formula is C17H26ClN3O2. The van der Waals surface area contributed by atoms with Crippen LogP contribution in [0.15, 0.2) is 18.3 Å². The van der Waals surface area contributed by atoms with Crippen molar-refractivity contribution in [3.8, 4) is 0 Å². The van der Waals surface area contributed by atoms with Gasteiger partial charge >= 0.3 is 6.09 Å². The van der Waals surface area contributed by atoms with Crippen LogP contribution in [-0.2, 0) is 11.3 Å². The minimum absolute atomic E-state index is 0.130. The largest absolute Gasteiger partial charge is 0.444 e. The molecule has 1 aliphatic heterocycles. The Morgan fingerprint density at radius 1 is 1.35 bits per heavy atom. The second kappa shape index (κ2) is 6.65. The number of ether oxygens (including phenoxy) is 1. The highest BCUT2D eigenvalue weighted by atomic mass is 35.5. The highest BCUT2D eigenvalue weighted by Crippen LogP contribution is 2.24. The van der Waals surface area contributed by atoms with Crippen molar-refractivity contribution in [3.63, 3.8) is 0 Å². The highest BCUT2D eigenvalue weighted by molar-refractivity contribution is 6.29. The van der Waals surface area contributed by atoms with Gasteiger partial charge in [-0.15, -0.1) is 0 Å². The summed E-state index contributed by atoms with van der Waals surface area (Å²) in [6.45, 7) is 12.9. The Hall–Kier alpha value is -1.33. The van der Waals surface area contributed by atoms with Gasteiger partial charge in [0.15, 0.2) is 0 Å². The molecule has 0 aromatic carbocycles. The van der Waals surface area contributed by atoms with E-state index in [1.807, 2.05) is 26.8 Å². The number of aromatic nitrogens is 1. The van der Waals surface area contributed by atoms with Crippen LogP contribution >= 0.6 is 11.6 Å². The van der Waals surface area contributed by atoms with Crippen molar-refractivity contribution in [1.29, 1.82) is 0 Å². The first-order chi connectivity index (χ1) is 10.6. The first kappa shape index (κ1) is 18.0. The summed E-state index contributed by atoms with van der Waals surface area (Å²) in [6.07, 6.45) is 1.57. The average Bonchev–Trinajstić information content (AvgIpc) is 2.41. The number of carbonyl (C=O) groups excluding carboxylic acids is 1. The Kier molecular flexibility index (Phi) is 5.21. The molecule has 1 amide bonds. The monoisotopic (exact) mass is 339 g/mol. The molecule has 128 valence electrons. The van der Waals surface area contributed by atoms with E-state index in [0.29, 0.717) is 18.2 Å². The molecule has 1 saturated heterocycles. The van der Waals surface area contributed by atoms with Crippen LogP contribution in [0.1, 0.15) is 40.2 Å². The van der Waals surface area contributed by atoms with E-state index in [0.717, 1.165) is 18.7 Å². The van der Waals surface area contributed by atoms with E-state index in [2.05, 4.69) is 23.7 Å². The summed E-state index contributed by atoms with van der Waals surface area (Å²) < 4.78 is 5.48. The van der Waals surface area contributed by atoms with Gasteiger partial charge in [0, 0.05) is 37.9 Å². The van der Waals surface area contributed by atoms with Crippen LogP contribution in [-0.4, -0.2) is 51.7 Å². The molecule has 23 heavy (non-hydrogen) atoms. The second-order valence-corrected chi connectivity index (χ2v) is 8.01. The molecular weight excluding hydrogens is 314 g/mol. The first-order valence-corrected chi connectivity index (χ1v) is 8.28. The second-order valence-electron chi connectivity index (χ2n) is 7.63. The lowest BCUT2D eigenvalue weighted by Crippen LogP contribution is -2.60. The van der Waals surface area contributed by atoms with Gasteiger partial charge < -0.3 is 9.64 Å². The zero-order valence-corrected chi connectivity index (χ0v) is 15.4. The summed E-state index contributed by atoms with van der Waals surface area (Å²) in [4.78, 5) is 20.5. The van der Waals surface area contributed by atoms with Crippen LogP contribution in [0.2, 0.25) is 5.15 Å². The van der Waals surface area contributed by atoms with E-state index >= 15 is 0 Å². The zero-order chi connectivity index (χ0) is 17.3. The van der Waals surface area contributed by atoms with Crippen molar-refractivity contribution in [2.75, 3.05) is 19.6 Å². The van der Waals surface area contributed by atoms with Crippen molar-refractivity contribution in [1.82, 2.24) is 14.8 Å². The maximum Gasteiger partial charge on any atom is 0.410 e. The normalized spacial score (nSPS) is 18.8. The van der Waals surface area contributed by atoms with Crippen LogP contribution in [0.3, 0.4) is 0 Å². The maximum absolute atomic E-state index is 12.3. The van der Waals surface area contributed by atoms with E-state index < -0.39 is 5.60 Å². The molecule has 0 bridgehead atoms. The lowest BCUT2D eigenvalue weighted by molar-refractivity contribution is -0.0178. The number of rotatable bonds is 2. The quantitative estimate of drug-likeness (QED) is 0.773. The molecule has 0 aliphatic carbocycles. The minimum Gasteiger partial charge on any atom is -0.444 e. The number of halogens is 1. The summed E-state index contributed by atoms with van der Waals surface area (Å²) in [7, 11) is 0. The van der Waals surface area contributed by atoms with Crippen molar-refractivity contribution in [2.45, 2.75) is 52.3 Å². The number of nitrogens with zero attached hydrogens (tertiary/aromatic N) is 3. The predicted octanol–water partition coefficient (Wildman–Crippen LogP) is 3.57. The SMILES string of the molecule is CC(C)(C)OC(=O)N1CCN(Cc2ccc(Cl)nc2)C(C)(C)C1. The fourth-order valence-corrected chi connectivity index (χ4v) is 2.80. The van der Waals surface area contributed by atoms with Crippen LogP contribution in [0, 0.1) is 0 Å². The van der Waals surface area contributed by atoms with Crippen LogP contribution in [0.25, 0.3) is 0 Å². The van der Waals surface area contributed by atoms with Gasteiger partial charge in [0.25, 0.3) is 0 Å². The fourth-order valence-electron chi connectivity index (χ4n) is 2.69. The third kappa shape index (κ3) is 5.08. The van der Waals surface area contributed by atoms with Crippen molar-refractivity contribution >= 4 is 17.7 Å². The van der Waals surface area contributed by atoms with Crippen LogP contribution < -0.4 is 0 Å². The van der Waals surface area contributed by atoms with Gasteiger partial charge in [0.1, 0.15) is 10.8 Å². The highest BCUT2D eigenvalue weighted by Gasteiger charge is 2.37. The van der Waals surface area contributed by atoms with E-state index in [-0.39, 0.29) is 11.6 Å². The number of pyridine rings is 1. The lowest BCUT2D eigenvalue weighted by Gasteiger charge is -2.47. The number of hydrogen-bond acceptors (Lipinski definition) is 4. The summed E-state index contributed by atoms with van der Waals surface area (Å²) in [5.74, 6) is 0. The summed E-state index contributed by atoms with van der Waals surface area (Å²) in [5, 5.41) is 0.503. The van der Waals surface area contributed by atoms with E-state index in [4.69, 9.17) is 16.3 Å². The van der Waals surface area contributed by atoms with Gasteiger partial charge in [-0.2, -0.15) is 0 Å². The molecule has 2 heterocycles. The smallest absolute Gasteiger partial charge is 0.410 e. The predicted molar refractivity (Wildman–Crippen MR) is 91.5 cm³/mol. The summed E-state index contributed by atoms with van der Waals surface area (Å²) in [5.41, 5.74) is 0.524. The standard InChI is InChI=1S/C17H26ClN3O2/c1-16(2,3)23-15(22)20-8-9-21(17(4,5)12-20)11-13-6-7-14(18)19-10-13/h6-7,10H,8-9,11-12H2,1-5H3. The molecule has 0 radical (unpaired) electrons. The molecule has 5 nitrogen and oxygen atoms in total. The summed E-state index contributed by atoms with van der Waals surface area (Å²) in [6, 6.07) is 3.80. The van der Waals surface area contributed by atoms with Crippen LogP contribution in [0.5, 0.6) is 0 Å². The Morgan fingerprint density at radius 2 is 2.04 bits per heavy atom. The van der Waals surface area contributed by atoms with Gasteiger partial charge in [-0.25, -0.2) is 9.78 Å². The van der Waals surface area contributed by atoms with Gasteiger partial charge in [0.05, 0.1) is 0 Å². The van der Waals surface area contributed by atoms with Gasteiger partial charge in [-0.05, 0) is 46.2 Å². The van der Waals surface area contributed by atoms with Crippen LogP contribution in [0.4, 0.5) is 4.79 Å². The van der Waals surface area contributed by atoms with Gasteiger partial charge in [-0.3, -0.25) is 4.90 Å². The fraction of sp³-hybridized carbons (Fsp3) is 0.647. The van der Waals surface area contributed by atoms with Crippen molar-refractivity contribution in [2.24, 2.45) is 0 Å². The minimum atomic E-state index is -0.465. The third-order valence-electron chi connectivity index (χ3n) is 3.89. The van der Waals surface area contributed by atoms with Crippen molar-refractivity contribution < 1.29 is 9.53 Å². The molecule has 1 aliphatic rings. The van der Waals surface area contributed by atoms with Crippen molar-refractivity contribution in [3.05, 3.63) is 29.0 Å². The molecule has 0 N–H and O–H groups in total. The topological polar surface area (TPSA) is 45.7 Å². The van der Waals surface area contributed by atoms with E-state index in [1.165, 1.54) is 0 Å². The number of piperazine rings is 1. The molecule has 2 rings (SSSR count). The molecule has 0 saturated carbocycles. The molecule has 1 aromatic rings. The summed E-state index contributed by atoms with van der Waals surface area (Å²) >= 11 is 5.83. The Labute approximate surface area is 143 Å². The average molecular weight is 340 g/mol. The number of carbonyl (C=O) groups is 1. The zero-order valence-electron chi connectivity index (χ0n) is 14.6. The molecule has 0 atom stereocenters. The Morgan fingerprint density at radius 3 is 2.57 bits per heavy atom. The molecule has 6 heteroatoms.